The predicted octanol–water partition coefficient (Wildman–Crippen LogP) is 4.19. The fraction of sp³-hybridized carbons (Fsp3) is 0.300. The molecule has 0 radical (unpaired) electrons. The molecule has 2 aliphatic rings. The lowest BCUT2D eigenvalue weighted by molar-refractivity contribution is -0.139. The fourth-order valence-electron chi connectivity index (χ4n) is 5.49. The van der Waals surface area contributed by atoms with E-state index < -0.39 is 35.8 Å². The molecule has 9 heteroatoms. The van der Waals surface area contributed by atoms with Crippen LogP contribution < -0.4 is 11.0 Å². The van der Waals surface area contributed by atoms with Crippen molar-refractivity contribution in [1.29, 1.82) is 0 Å². The molecule has 1 saturated heterocycles. The summed E-state index contributed by atoms with van der Waals surface area (Å²) in [4.78, 5) is 43.3. The normalized spacial score (nSPS) is 19.8. The number of H-pyrrole nitrogens is 1. The Morgan fingerprint density at radius 1 is 1.00 bits per heavy atom. The summed E-state index contributed by atoms with van der Waals surface area (Å²) in [5.74, 6) is -1.13. The van der Waals surface area contributed by atoms with Gasteiger partial charge in [-0.25, -0.2) is 13.6 Å². The smallest absolute Gasteiger partial charge is 0.326 e. The summed E-state index contributed by atoms with van der Waals surface area (Å²) in [6.45, 7) is -0.565. The molecule has 3 unspecified atom stereocenters. The topological polar surface area (TPSA) is 87.2 Å². The number of para-hydroxylation sites is 2. The van der Waals surface area contributed by atoms with E-state index in [2.05, 4.69) is 10.3 Å². The summed E-state index contributed by atoms with van der Waals surface area (Å²) in [5, 5.41) is 2.95. The van der Waals surface area contributed by atoms with Crippen LogP contribution in [0.4, 0.5) is 8.78 Å². The van der Waals surface area contributed by atoms with Crippen molar-refractivity contribution in [3.8, 4) is 0 Å². The van der Waals surface area contributed by atoms with Gasteiger partial charge in [-0.3, -0.25) is 14.2 Å². The van der Waals surface area contributed by atoms with Crippen LogP contribution >= 0.6 is 0 Å². The van der Waals surface area contributed by atoms with Gasteiger partial charge in [-0.05, 0) is 53.6 Å². The fourth-order valence-corrected chi connectivity index (χ4v) is 5.49. The number of imidazole rings is 1. The highest BCUT2D eigenvalue weighted by molar-refractivity contribution is 5.89. The molecule has 3 aromatic carbocycles. The molecule has 4 aromatic rings. The van der Waals surface area contributed by atoms with Gasteiger partial charge in [0, 0.05) is 6.42 Å². The zero-order chi connectivity index (χ0) is 27.1. The van der Waals surface area contributed by atoms with Gasteiger partial charge in [0.05, 0.1) is 23.6 Å². The third kappa shape index (κ3) is 4.96. The van der Waals surface area contributed by atoms with Crippen LogP contribution in [0.15, 0.2) is 77.6 Å². The average Bonchev–Trinajstić information content (AvgIpc) is 3.63. The van der Waals surface area contributed by atoms with Crippen molar-refractivity contribution >= 4 is 22.8 Å². The van der Waals surface area contributed by atoms with E-state index in [1.54, 1.807) is 30.3 Å². The van der Waals surface area contributed by atoms with Crippen molar-refractivity contribution < 1.29 is 18.4 Å². The number of nitrogens with one attached hydrogen (secondary N) is 2. The molecule has 2 fully saturated rings. The van der Waals surface area contributed by atoms with Crippen molar-refractivity contribution in [1.82, 2.24) is 19.8 Å². The first-order valence-electron chi connectivity index (χ1n) is 13.1. The molecular weight excluding hydrogens is 502 g/mol. The predicted molar refractivity (Wildman–Crippen MR) is 142 cm³/mol. The quantitative estimate of drug-likeness (QED) is 0.376. The molecule has 39 heavy (non-hydrogen) atoms. The van der Waals surface area contributed by atoms with Crippen molar-refractivity contribution in [3.05, 3.63) is 106 Å². The Morgan fingerprint density at radius 2 is 1.74 bits per heavy atom. The molecule has 0 spiro atoms. The highest BCUT2D eigenvalue weighted by Crippen LogP contribution is 2.42. The number of fused-ring (bicyclic) bond motifs is 1. The number of aromatic amines is 1. The number of carbonyl (C=O) groups excluding carboxylic acids is 2. The molecule has 2 N–H and O–H groups in total. The summed E-state index contributed by atoms with van der Waals surface area (Å²) in [7, 11) is 0. The second-order valence-corrected chi connectivity index (χ2v) is 10.3. The Morgan fingerprint density at radius 3 is 2.49 bits per heavy atom. The number of likely N-dealkylation sites (tertiary alicyclic amines) is 1. The van der Waals surface area contributed by atoms with Crippen molar-refractivity contribution in [2.75, 3.05) is 6.54 Å². The van der Waals surface area contributed by atoms with Crippen LogP contribution in [-0.2, 0) is 16.1 Å². The lowest BCUT2D eigenvalue weighted by Gasteiger charge is -2.27. The lowest BCUT2D eigenvalue weighted by Crippen LogP contribution is -2.48. The molecule has 2 amide bonds. The number of hydrogen-bond acceptors (Lipinski definition) is 3. The van der Waals surface area contributed by atoms with Gasteiger partial charge in [0.25, 0.3) is 0 Å². The number of nitrogens with zero attached hydrogens (tertiary/aromatic N) is 2. The Kier molecular flexibility index (Phi) is 6.50. The lowest BCUT2D eigenvalue weighted by atomic mass is 9.96. The van der Waals surface area contributed by atoms with Gasteiger partial charge >= 0.3 is 5.69 Å². The molecule has 3 atom stereocenters. The molecule has 7 nitrogen and oxygen atoms in total. The number of halogens is 2. The average molecular weight is 531 g/mol. The van der Waals surface area contributed by atoms with Crippen LogP contribution in [0, 0.1) is 5.82 Å². The standard InChI is InChI=1S/C30H28F2N4O3/c31-21-15-26(35(16-21)27(37)17-36-25-9-5-4-8-24(25)33-30(36)39)29(38)34-28(19-6-2-1-3-7-19)20-12-13-22(18-10-11-18)23(32)14-20/h1-9,12-14,18,21,26,28H,10-11,15-17H2,(H,33,39)(H,34,38). The molecule has 200 valence electrons. The number of benzene rings is 3. The maximum Gasteiger partial charge on any atom is 0.326 e. The second kappa shape index (κ2) is 10.1. The Balaban J connectivity index is 1.25. The van der Waals surface area contributed by atoms with Crippen molar-refractivity contribution in [2.45, 2.75) is 50.0 Å². The van der Waals surface area contributed by atoms with E-state index in [-0.39, 0.29) is 31.2 Å². The van der Waals surface area contributed by atoms with E-state index in [1.807, 2.05) is 36.4 Å². The minimum Gasteiger partial charge on any atom is -0.343 e. The van der Waals surface area contributed by atoms with Gasteiger partial charge in [-0.2, -0.15) is 0 Å². The summed E-state index contributed by atoms with van der Waals surface area (Å²) in [6, 6.07) is 19.4. The largest absolute Gasteiger partial charge is 0.343 e. The molecule has 6 rings (SSSR count). The zero-order valence-corrected chi connectivity index (χ0v) is 21.1. The maximum atomic E-state index is 15.0. The van der Waals surface area contributed by atoms with Crippen LogP contribution in [0.5, 0.6) is 0 Å². The van der Waals surface area contributed by atoms with Crippen molar-refractivity contribution in [3.63, 3.8) is 0 Å². The van der Waals surface area contributed by atoms with Gasteiger partial charge < -0.3 is 15.2 Å². The first-order valence-corrected chi connectivity index (χ1v) is 13.1. The van der Waals surface area contributed by atoms with Gasteiger partial charge in [0.1, 0.15) is 24.6 Å². The zero-order valence-electron chi connectivity index (χ0n) is 21.1. The third-order valence-electron chi connectivity index (χ3n) is 7.64. The molecule has 2 heterocycles. The maximum absolute atomic E-state index is 15.0. The summed E-state index contributed by atoms with van der Waals surface area (Å²) >= 11 is 0. The third-order valence-corrected chi connectivity index (χ3v) is 7.64. The van der Waals surface area contributed by atoms with Crippen LogP contribution in [-0.4, -0.2) is 45.0 Å². The number of aromatic nitrogens is 2. The Bertz CT molecular complexity index is 1590. The van der Waals surface area contributed by atoms with Crippen LogP contribution in [0.25, 0.3) is 11.0 Å². The Labute approximate surface area is 223 Å². The monoisotopic (exact) mass is 530 g/mol. The van der Waals surface area contributed by atoms with Gasteiger partial charge in [-0.1, -0.05) is 54.6 Å². The van der Waals surface area contributed by atoms with Gasteiger partial charge in [-0.15, -0.1) is 0 Å². The number of amides is 2. The molecule has 1 aromatic heterocycles. The summed E-state index contributed by atoms with van der Waals surface area (Å²) in [6.07, 6.45) is 0.400. The first-order chi connectivity index (χ1) is 18.9. The van der Waals surface area contributed by atoms with Crippen molar-refractivity contribution in [2.24, 2.45) is 0 Å². The molecular formula is C30H28F2N4O3. The number of alkyl halides is 1. The minimum atomic E-state index is -1.38. The van der Waals surface area contributed by atoms with Crippen LogP contribution in [0.1, 0.15) is 47.9 Å². The van der Waals surface area contributed by atoms with Crippen LogP contribution in [0.2, 0.25) is 0 Å². The van der Waals surface area contributed by atoms with E-state index >= 15 is 0 Å². The molecule has 1 aliphatic carbocycles. The second-order valence-electron chi connectivity index (χ2n) is 10.3. The minimum absolute atomic E-state index is 0.156. The SMILES string of the molecule is O=C(NC(c1ccccc1)c1ccc(C2CC2)c(F)c1)C1CC(F)CN1C(=O)Cn1c(=O)[nH]c2ccccc21. The molecule has 0 bridgehead atoms. The highest BCUT2D eigenvalue weighted by Gasteiger charge is 2.41. The van der Waals surface area contributed by atoms with Crippen LogP contribution in [0.3, 0.4) is 0 Å². The van der Waals surface area contributed by atoms with E-state index in [1.165, 1.54) is 15.5 Å². The van der Waals surface area contributed by atoms with Gasteiger partial charge in [0.15, 0.2) is 0 Å². The summed E-state index contributed by atoms with van der Waals surface area (Å²) in [5.41, 5.74) is 2.66. The molecule has 1 aliphatic heterocycles. The number of hydrogen-bond donors (Lipinski definition) is 2. The van der Waals surface area contributed by atoms with Gasteiger partial charge in [0.2, 0.25) is 11.8 Å². The molecule has 1 saturated carbocycles. The Hall–Kier alpha value is -4.27. The van der Waals surface area contributed by atoms with E-state index in [9.17, 15) is 23.2 Å². The first kappa shape index (κ1) is 25.0. The van der Waals surface area contributed by atoms with E-state index in [0.29, 0.717) is 22.2 Å². The van der Waals surface area contributed by atoms with E-state index in [0.717, 1.165) is 18.4 Å². The summed E-state index contributed by atoms with van der Waals surface area (Å²) < 4.78 is 30.9. The number of rotatable bonds is 7. The highest BCUT2D eigenvalue weighted by atomic mass is 19.1. The van der Waals surface area contributed by atoms with E-state index in [4.69, 9.17) is 0 Å². The number of carbonyl (C=O) groups is 2.